The SMILES string of the molecule is Oc1ccc2c(C34CC5CC(CC(C5)C3)C4)c(C34CC5CC(CC(C5)C3)C4)c(O)cc2c1. The highest BCUT2D eigenvalue weighted by atomic mass is 16.3. The molecule has 2 nitrogen and oxygen atoms in total. The standard InChI is InChI=1S/C30H36O2/c31-24-1-2-25-23(9-24)10-26(32)28(30-14-20-6-21(15-30)8-22(7-20)16-30)27(25)29-11-17-3-18(12-29)5-19(4-17)13-29/h1-2,9-10,17-22,31-32H,3-8,11-16H2. The van der Waals surface area contributed by atoms with E-state index in [1.54, 1.807) is 5.56 Å². The molecule has 8 saturated carbocycles. The van der Waals surface area contributed by atoms with Gasteiger partial charge in [-0.1, -0.05) is 6.07 Å². The highest BCUT2D eigenvalue weighted by molar-refractivity contribution is 5.91. The minimum absolute atomic E-state index is 0.198. The number of hydrogen-bond acceptors (Lipinski definition) is 2. The third-order valence-corrected chi connectivity index (χ3v) is 11.2. The molecule has 0 saturated heterocycles. The van der Waals surface area contributed by atoms with Crippen molar-refractivity contribution in [3.63, 3.8) is 0 Å². The van der Waals surface area contributed by atoms with E-state index in [1.807, 2.05) is 18.2 Å². The fraction of sp³-hybridized carbons (Fsp3) is 0.667. The zero-order valence-corrected chi connectivity index (χ0v) is 19.2. The van der Waals surface area contributed by atoms with Crippen LogP contribution in [0.4, 0.5) is 0 Å². The summed E-state index contributed by atoms with van der Waals surface area (Å²) >= 11 is 0. The van der Waals surface area contributed by atoms with Crippen molar-refractivity contribution in [2.24, 2.45) is 35.5 Å². The Hall–Kier alpha value is -1.70. The molecule has 0 aliphatic heterocycles. The number of rotatable bonds is 2. The van der Waals surface area contributed by atoms with Crippen LogP contribution in [0.15, 0.2) is 24.3 Å². The first-order valence-electron chi connectivity index (χ1n) is 13.5. The van der Waals surface area contributed by atoms with Crippen LogP contribution in [-0.2, 0) is 10.8 Å². The summed E-state index contributed by atoms with van der Waals surface area (Å²) in [5.74, 6) is 6.16. The average Bonchev–Trinajstić information content (AvgIpc) is 2.70. The zero-order chi connectivity index (χ0) is 21.2. The molecule has 8 bridgehead atoms. The van der Waals surface area contributed by atoms with Gasteiger partial charge in [-0.3, -0.25) is 0 Å². The second kappa shape index (κ2) is 6.05. The molecule has 0 heterocycles. The monoisotopic (exact) mass is 428 g/mol. The van der Waals surface area contributed by atoms with E-state index in [0.717, 1.165) is 40.9 Å². The molecule has 0 atom stereocenters. The Kier molecular flexibility index (Phi) is 3.53. The molecule has 0 aromatic heterocycles. The molecule has 10 rings (SSSR count). The number of aromatic hydroxyl groups is 2. The first-order valence-corrected chi connectivity index (χ1v) is 13.5. The van der Waals surface area contributed by atoms with Gasteiger partial charge in [0, 0.05) is 11.0 Å². The molecule has 0 spiro atoms. The minimum atomic E-state index is 0.198. The molecule has 0 amide bonds. The molecule has 32 heavy (non-hydrogen) atoms. The molecular weight excluding hydrogens is 392 g/mol. The Labute approximate surface area is 191 Å². The lowest BCUT2D eigenvalue weighted by molar-refractivity contribution is -0.0176. The molecular formula is C30H36O2. The fourth-order valence-electron chi connectivity index (χ4n) is 11.3. The Morgan fingerprint density at radius 3 is 1.47 bits per heavy atom. The van der Waals surface area contributed by atoms with Gasteiger partial charge in [-0.05, 0) is 153 Å². The summed E-state index contributed by atoms with van der Waals surface area (Å²) < 4.78 is 0. The predicted molar refractivity (Wildman–Crippen MR) is 127 cm³/mol. The van der Waals surface area contributed by atoms with Gasteiger partial charge < -0.3 is 10.2 Å². The molecule has 8 aliphatic rings. The molecule has 2 aromatic carbocycles. The maximum Gasteiger partial charge on any atom is 0.120 e. The van der Waals surface area contributed by atoms with Crippen molar-refractivity contribution < 1.29 is 10.2 Å². The van der Waals surface area contributed by atoms with E-state index in [-0.39, 0.29) is 10.8 Å². The molecule has 0 unspecified atom stereocenters. The minimum Gasteiger partial charge on any atom is -0.508 e. The number of hydrogen-bond donors (Lipinski definition) is 2. The van der Waals surface area contributed by atoms with Crippen molar-refractivity contribution in [1.29, 1.82) is 0 Å². The third-order valence-electron chi connectivity index (χ3n) is 11.2. The van der Waals surface area contributed by atoms with E-state index in [0.29, 0.717) is 11.5 Å². The molecule has 8 fully saturated rings. The number of fused-ring (bicyclic) bond motifs is 1. The van der Waals surface area contributed by atoms with Gasteiger partial charge in [0.2, 0.25) is 0 Å². The van der Waals surface area contributed by atoms with Crippen LogP contribution < -0.4 is 0 Å². The van der Waals surface area contributed by atoms with Gasteiger partial charge in [0.15, 0.2) is 0 Å². The van der Waals surface area contributed by atoms with E-state index >= 15 is 0 Å². The van der Waals surface area contributed by atoms with Gasteiger partial charge in [0.1, 0.15) is 11.5 Å². The molecule has 2 heteroatoms. The summed E-state index contributed by atoms with van der Waals surface area (Å²) in [5.41, 5.74) is 3.38. The summed E-state index contributed by atoms with van der Waals surface area (Å²) in [6.07, 6.45) is 16.6. The largest absolute Gasteiger partial charge is 0.508 e. The van der Waals surface area contributed by atoms with Crippen LogP contribution in [0.3, 0.4) is 0 Å². The van der Waals surface area contributed by atoms with Gasteiger partial charge in [-0.2, -0.15) is 0 Å². The van der Waals surface area contributed by atoms with E-state index in [1.165, 1.54) is 88.0 Å². The summed E-state index contributed by atoms with van der Waals surface area (Å²) in [7, 11) is 0. The van der Waals surface area contributed by atoms with Crippen LogP contribution in [0.2, 0.25) is 0 Å². The lowest BCUT2D eigenvalue weighted by Gasteiger charge is -2.61. The fourth-order valence-corrected chi connectivity index (χ4v) is 11.3. The summed E-state index contributed by atoms with van der Waals surface area (Å²) in [6, 6.07) is 7.99. The summed E-state index contributed by atoms with van der Waals surface area (Å²) in [6.45, 7) is 0. The number of benzene rings is 2. The topological polar surface area (TPSA) is 40.5 Å². The Bertz CT molecular complexity index is 1060. The second-order valence-electron chi connectivity index (χ2n) is 13.4. The van der Waals surface area contributed by atoms with Crippen molar-refractivity contribution in [2.75, 3.05) is 0 Å². The third kappa shape index (κ3) is 2.42. The highest BCUT2D eigenvalue weighted by Gasteiger charge is 2.57. The maximum atomic E-state index is 11.8. The van der Waals surface area contributed by atoms with Crippen molar-refractivity contribution in [3.8, 4) is 11.5 Å². The van der Waals surface area contributed by atoms with Crippen LogP contribution in [0.5, 0.6) is 11.5 Å². The number of phenolic OH excluding ortho intramolecular Hbond substituents is 2. The Morgan fingerprint density at radius 1 is 0.562 bits per heavy atom. The van der Waals surface area contributed by atoms with E-state index in [4.69, 9.17) is 0 Å². The molecule has 168 valence electrons. The summed E-state index contributed by atoms with van der Waals surface area (Å²) in [4.78, 5) is 0. The Morgan fingerprint density at radius 2 is 1.00 bits per heavy atom. The molecule has 2 N–H and O–H groups in total. The average molecular weight is 429 g/mol. The van der Waals surface area contributed by atoms with Gasteiger partial charge in [-0.15, -0.1) is 0 Å². The smallest absolute Gasteiger partial charge is 0.120 e. The summed E-state index contributed by atoms with van der Waals surface area (Å²) in [5, 5.41) is 24.4. The lowest BCUT2D eigenvalue weighted by atomic mass is 9.43. The highest BCUT2D eigenvalue weighted by Crippen LogP contribution is 2.67. The van der Waals surface area contributed by atoms with Gasteiger partial charge >= 0.3 is 0 Å². The van der Waals surface area contributed by atoms with Crippen LogP contribution in [-0.4, -0.2) is 10.2 Å². The van der Waals surface area contributed by atoms with E-state index in [2.05, 4.69) is 6.07 Å². The molecule has 0 radical (unpaired) electrons. The van der Waals surface area contributed by atoms with Crippen LogP contribution in [0.25, 0.3) is 10.8 Å². The zero-order valence-electron chi connectivity index (χ0n) is 19.2. The van der Waals surface area contributed by atoms with E-state index in [9.17, 15) is 10.2 Å². The van der Waals surface area contributed by atoms with Crippen molar-refractivity contribution in [2.45, 2.75) is 87.9 Å². The van der Waals surface area contributed by atoms with Gasteiger partial charge in [0.25, 0.3) is 0 Å². The number of phenols is 2. The van der Waals surface area contributed by atoms with Crippen LogP contribution in [0.1, 0.15) is 88.2 Å². The van der Waals surface area contributed by atoms with Crippen LogP contribution >= 0.6 is 0 Å². The quantitative estimate of drug-likeness (QED) is 0.531. The Balaban J connectivity index is 1.41. The molecule has 8 aliphatic carbocycles. The van der Waals surface area contributed by atoms with Crippen LogP contribution in [0, 0.1) is 35.5 Å². The van der Waals surface area contributed by atoms with E-state index < -0.39 is 0 Å². The van der Waals surface area contributed by atoms with Crippen molar-refractivity contribution in [1.82, 2.24) is 0 Å². The van der Waals surface area contributed by atoms with Gasteiger partial charge in [-0.25, -0.2) is 0 Å². The first-order chi connectivity index (χ1) is 15.5. The maximum absolute atomic E-state index is 11.8. The lowest BCUT2D eigenvalue weighted by Crippen LogP contribution is -2.52. The predicted octanol–water partition coefficient (Wildman–Crippen LogP) is 7.19. The van der Waals surface area contributed by atoms with Crippen molar-refractivity contribution in [3.05, 3.63) is 35.4 Å². The second-order valence-corrected chi connectivity index (χ2v) is 13.4. The normalized spacial score (nSPS) is 45.8. The van der Waals surface area contributed by atoms with Crippen molar-refractivity contribution >= 4 is 10.8 Å². The van der Waals surface area contributed by atoms with Gasteiger partial charge in [0.05, 0.1) is 0 Å². The molecule has 2 aromatic rings. The first kappa shape index (κ1) is 18.7.